The van der Waals surface area contributed by atoms with Gasteiger partial charge in [0.15, 0.2) is 0 Å². The molecule has 0 saturated heterocycles. The van der Waals surface area contributed by atoms with Crippen LogP contribution in [0.2, 0.25) is 5.02 Å². The second-order valence-corrected chi connectivity index (χ2v) is 4.57. The van der Waals surface area contributed by atoms with Gasteiger partial charge in [-0.15, -0.1) is 0 Å². The van der Waals surface area contributed by atoms with Crippen molar-refractivity contribution in [3.8, 4) is 11.3 Å². The van der Waals surface area contributed by atoms with Crippen LogP contribution in [0.1, 0.15) is 18.3 Å². The van der Waals surface area contributed by atoms with Crippen molar-refractivity contribution in [2.24, 2.45) is 7.05 Å². The third kappa shape index (κ3) is 2.03. The minimum Gasteiger partial charge on any atom is -0.383 e. The van der Waals surface area contributed by atoms with Crippen LogP contribution >= 0.6 is 11.6 Å². The second kappa shape index (κ2) is 4.41. The van der Waals surface area contributed by atoms with E-state index in [9.17, 15) is 0 Å². The van der Waals surface area contributed by atoms with Crippen LogP contribution in [0.3, 0.4) is 0 Å². The first-order valence-corrected chi connectivity index (χ1v) is 6.00. The molecular weight excluding hydrogens is 234 g/mol. The minimum absolute atomic E-state index is 0.701. The third-order valence-electron chi connectivity index (χ3n) is 2.99. The van der Waals surface area contributed by atoms with Gasteiger partial charge in [0.05, 0.1) is 0 Å². The number of benzene rings is 1. The number of rotatable bonds is 2. The molecule has 0 saturated carbocycles. The quantitative estimate of drug-likeness (QED) is 0.888. The van der Waals surface area contributed by atoms with E-state index in [1.54, 1.807) is 0 Å². The molecule has 0 spiro atoms. The maximum Gasteiger partial charge on any atom is 0.131 e. The van der Waals surface area contributed by atoms with Crippen molar-refractivity contribution in [2.45, 2.75) is 20.3 Å². The number of hydrogen-bond acceptors (Lipinski definition) is 2. The molecule has 0 radical (unpaired) electrons. The van der Waals surface area contributed by atoms with Gasteiger partial charge >= 0.3 is 0 Å². The highest BCUT2D eigenvalue weighted by molar-refractivity contribution is 6.30. The maximum absolute atomic E-state index is 6.09. The Morgan fingerprint density at radius 3 is 2.65 bits per heavy atom. The van der Waals surface area contributed by atoms with Crippen molar-refractivity contribution < 1.29 is 0 Å². The van der Waals surface area contributed by atoms with Crippen LogP contribution in [0.4, 0.5) is 5.82 Å². The summed E-state index contributed by atoms with van der Waals surface area (Å²) in [6.45, 7) is 4.08. The van der Waals surface area contributed by atoms with E-state index in [-0.39, 0.29) is 0 Å². The van der Waals surface area contributed by atoms with E-state index in [1.165, 1.54) is 0 Å². The van der Waals surface area contributed by atoms with E-state index in [4.69, 9.17) is 17.3 Å². The van der Waals surface area contributed by atoms with Gasteiger partial charge in [-0.05, 0) is 24.6 Å². The molecule has 3 nitrogen and oxygen atoms in total. The molecule has 2 rings (SSSR count). The molecule has 4 heteroatoms. The smallest absolute Gasteiger partial charge is 0.131 e. The van der Waals surface area contributed by atoms with Crippen LogP contribution in [-0.2, 0) is 13.5 Å². The summed E-state index contributed by atoms with van der Waals surface area (Å²) in [5, 5.41) is 0.733. The average molecular weight is 250 g/mol. The van der Waals surface area contributed by atoms with E-state index in [0.29, 0.717) is 5.82 Å². The Hall–Kier alpha value is -1.48. The first-order chi connectivity index (χ1) is 8.04. The minimum atomic E-state index is 0.701. The Morgan fingerprint density at radius 1 is 1.41 bits per heavy atom. The van der Waals surface area contributed by atoms with E-state index < -0.39 is 0 Å². The van der Waals surface area contributed by atoms with Crippen molar-refractivity contribution in [1.29, 1.82) is 0 Å². The largest absolute Gasteiger partial charge is 0.383 e. The number of anilines is 1. The number of halogens is 1. The molecule has 17 heavy (non-hydrogen) atoms. The molecule has 0 unspecified atom stereocenters. The van der Waals surface area contributed by atoms with Gasteiger partial charge in [0.1, 0.15) is 17.3 Å². The number of nitrogens with zero attached hydrogens (tertiary/aromatic N) is 2. The first-order valence-electron chi connectivity index (χ1n) is 5.62. The van der Waals surface area contributed by atoms with Crippen LogP contribution in [0.25, 0.3) is 11.3 Å². The molecule has 1 heterocycles. The highest BCUT2D eigenvalue weighted by Gasteiger charge is 2.14. The molecule has 0 aliphatic rings. The number of imidazole rings is 1. The van der Waals surface area contributed by atoms with Gasteiger partial charge in [-0.3, -0.25) is 0 Å². The summed E-state index contributed by atoms with van der Waals surface area (Å²) >= 11 is 5.95. The lowest BCUT2D eigenvalue weighted by Crippen LogP contribution is -2.00. The molecule has 0 atom stereocenters. The monoisotopic (exact) mass is 249 g/mol. The van der Waals surface area contributed by atoms with E-state index >= 15 is 0 Å². The third-order valence-corrected chi connectivity index (χ3v) is 3.23. The van der Waals surface area contributed by atoms with Gasteiger partial charge in [-0.25, -0.2) is 4.98 Å². The van der Waals surface area contributed by atoms with E-state index in [1.807, 2.05) is 36.7 Å². The van der Waals surface area contributed by atoms with Crippen molar-refractivity contribution in [2.75, 3.05) is 5.73 Å². The zero-order chi connectivity index (χ0) is 12.6. The van der Waals surface area contributed by atoms with Gasteiger partial charge in [0.25, 0.3) is 0 Å². The Labute approximate surface area is 106 Å². The standard InChI is InChI=1S/C13H16ClN3/c1-4-11-16-12(13(15)17(11)3)10-6-5-9(14)7-8(10)2/h5-7H,4,15H2,1-3H3. The molecule has 0 amide bonds. The summed E-state index contributed by atoms with van der Waals surface area (Å²) in [6, 6.07) is 5.76. The summed E-state index contributed by atoms with van der Waals surface area (Å²) < 4.78 is 1.93. The molecule has 2 aromatic rings. The van der Waals surface area contributed by atoms with Crippen molar-refractivity contribution in [1.82, 2.24) is 9.55 Å². The van der Waals surface area contributed by atoms with Crippen LogP contribution in [0.15, 0.2) is 18.2 Å². The molecule has 1 aromatic carbocycles. The number of nitrogen functional groups attached to an aromatic ring is 1. The summed E-state index contributed by atoms with van der Waals surface area (Å²) in [5.74, 6) is 1.69. The normalized spacial score (nSPS) is 10.8. The summed E-state index contributed by atoms with van der Waals surface area (Å²) in [5.41, 5.74) is 9.06. The molecule has 0 fully saturated rings. The van der Waals surface area contributed by atoms with Gasteiger partial charge in [0, 0.05) is 24.1 Å². The predicted molar refractivity (Wildman–Crippen MR) is 72.2 cm³/mol. The highest BCUT2D eigenvalue weighted by Crippen LogP contribution is 2.30. The number of hydrogen-bond donors (Lipinski definition) is 1. The fraction of sp³-hybridized carbons (Fsp3) is 0.308. The van der Waals surface area contributed by atoms with Crippen LogP contribution in [-0.4, -0.2) is 9.55 Å². The van der Waals surface area contributed by atoms with Gasteiger partial charge in [-0.1, -0.05) is 24.6 Å². The fourth-order valence-corrected chi connectivity index (χ4v) is 2.19. The zero-order valence-corrected chi connectivity index (χ0v) is 11.0. The number of aryl methyl sites for hydroxylation is 2. The Kier molecular flexibility index (Phi) is 3.11. The Bertz CT molecular complexity index is 558. The molecular formula is C13H16ClN3. The molecule has 1 aromatic heterocycles. The lowest BCUT2D eigenvalue weighted by atomic mass is 10.1. The van der Waals surface area contributed by atoms with Crippen LogP contribution in [0, 0.1) is 6.92 Å². The first kappa shape index (κ1) is 12.0. The SMILES string of the molecule is CCc1nc(-c2ccc(Cl)cc2C)c(N)n1C. The summed E-state index contributed by atoms with van der Waals surface area (Å²) in [4.78, 5) is 4.58. The molecule has 0 aliphatic heterocycles. The lowest BCUT2D eigenvalue weighted by Gasteiger charge is -2.04. The Balaban J connectivity index is 2.60. The van der Waals surface area contributed by atoms with Gasteiger partial charge in [-0.2, -0.15) is 0 Å². The van der Waals surface area contributed by atoms with Gasteiger partial charge in [0.2, 0.25) is 0 Å². The molecule has 0 bridgehead atoms. The summed E-state index contributed by atoms with van der Waals surface area (Å²) in [7, 11) is 1.94. The van der Waals surface area contributed by atoms with Crippen molar-refractivity contribution in [3.63, 3.8) is 0 Å². The molecule has 0 aliphatic carbocycles. The second-order valence-electron chi connectivity index (χ2n) is 4.13. The fourth-order valence-electron chi connectivity index (χ4n) is 1.97. The molecule has 90 valence electrons. The zero-order valence-electron chi connectivity index (χ0n) is 10.3. The molecule has 2 N–H and O–H groups in total. The van der Waals surface area contributed by atoms with Crippen LogP contribution in [0.5, 0.6) is 0 Å². The van der Waals surface area contributed by atoms with Crippen LogP contribution < -0.4 is 5.73 Å². The lowest BCUT2D eigenvalue weighted by molar-refractivity contribution is 0.816. The number of nitrogens with two attached hydrogens (primary N) is 1. The maximum atomic E-state index is 6.09. The van der Waals surface area contributed by atoms with E-state index in [0.717, 1.165) is 34.1 Å². The topological polar surface area (TPSA) is 43.8 Å². The average Bonchev–Trinajstić information content (AvgIpc) is 2.57. The van der Waals surface area contributed by atoms with E-state index in [2.05, 4.69) is 11.9 Å². The summed E-state index contributed by atoms with van der Waals surface area (Å²) in [6.07, 6.45) is 0.868. The number of aromatic nitrogens is 2. The Morgan fingerprint density at radius 2 is 2.12 bits per heavy atom. The highest BCUT2D eigenvalue weighted by atomic mass is 35.5. The van der Waals surface area contributed by atoms with Gasteiger partial charge < -0.3 is 10.3 Å². The van der Waals surface area contributed by atoms with Crippen molar-refractivity contribution >= 4 is 17.4 Å². The van der Waals surface area contributed by atoms with Crippen molar-refractivity contribution in [3.05, 3.63) is 34.6 Å². The predicted octanol–water partition coefficient (Wildman–Crippen LogP) is 3.19.